The number of alkyl halides is 9. The molecule has 0 radical (unpaired) electrons. The van der Waals surface area contributed by atoms with Crippen molar-refractivity contribution in [1.82, 2.24) is 10.6 Å². The minimum Gasteiger partial charge on any atom is -0.369 e. The maximum atomic E-state index is 15.0. The summed E-state index contributed by atoms with van der Waals surface area (Å²) >= 11 is 21.9. The van der Waals surface area contributed by atoms with Crippen molar-refractivity contribution in [3.05, 3.63) is 73.7 Å². The van der Waals surface area contributed by atoms with Crippen molar-refractivity contribution in [1.29, 1.82) is 0 Å². The SMILES string of the molecule is C[C@@H](NC(=O)c1ccc(/C(F)=C/C(c2cc(Cl)c(Cl)c(Cl)c2)C(F)(F)F)cc1C(F)(F)F)C(=S)NCC(F)(F)F. The Labute approximate surface area is 240 Å². The molecular weight excluding hydrogens is 649 g/mol. The van der Waals surface area contributed by atoms with Crippen LogP contribution in [0.2, 0.25) is 15.1 Å². The van der Waals surface area contributed by atoms with Crippen molar-refractivity contribution >= 4 is 63.7 Å². The summed E-state index contributed by atoms with van der Waals surface area (Å²) in [5.74, 6) is -5.87. The van der Waals surface area contributed by atoms with Gasteiger partial charge in [-0.3, -0.25) is 4.79 Å². The first-order chi connectivity index (χ1) is 18.1. The fourth-order valence-corrected chi connectivity index (χ4v) is 3.93. The molecule has 0 heterocycles. The molecule has 220 valence electrons. The van der Waals surface area contributed by atoms with E-state index in [0.717, 1.165) is 19.1 Å². The zero-order chi connectivity index (χ0) is 30.8. The molecule has 2 aromatic carbocycles. The van der Waals surface area contributed by atoms with E-state index in [1.54, 1.807) is 5.32 Å². The quantitative estimate of drug-likeness (QED) is 0.177. The maximum Gasteiger partial charge on any atom is 0.417 e. The molecule has 0 aliphatic rings. The lowest BCUT2D eigenvalue weighted by Gasteiger charge is -2.20. The van der Waals surface area contributed by atoms with Crippen LogP contribution >= 0.6 is 47.0 Å². The third-order valence-electron chi connectivity index (χ3n) is 5.08. The predicted octanol–water partition coefficient (Wildman–Crippen LogP) is 8.92. The highest BCUT2D eigenvalue weighted by Gasteiger charge is 2.41. The van der Waals surface area contributed by atoms with Crippen LogP contribution in [0.4, 0.5) is 43.9 Å². The Kier molecular flexibility index (Phi) is 10.8. The van der Waals surface area contributed by atoms with Crippen molar-refractivity contribution in [2.75, 3.05) is 6.54 Å². The Hall–Kier alpha value is -2.29. The van der Waals surface area contributed by atoms with E-state index in [9.17, 15) is 48.7 Å². The summed E-state index contributed by atoms with van der Waals surface area (Å²) in [5, 5.41) is 2.74. The fourth-order valence-electron chi connectivity index (χ4n) is 3.18. The van der Waals surface area contributed by atoms with Crippen LogP contribution < -0.4 is 10.6 Å². The van der Waals surface area contributed by atoms with Crippen LogP contribution in [0, 0.1) is 0 Å². The first-order valence-electron chi connectivity index (χ1n) is 10.6. The van der Waals surface area contributed by atoms with E-state index in [0.29, 0.717) is 12.1 Å². The first kappa shape index (κ1) is 33.9. The second kappa shape index (κ2) is 12.7. The molecule has 1 amide bonds. The van der Waals surface area contributed by atoms with Crippen LogP contribution in [-0.2, 0) is 6.18 Å². The van der Waals surface area contributed by atoms with Crippen molar-refractivity contribution in [2.45, 2.75) is 37.4 Å². The number of benzene rings is 2. The van der Waals surface area contributed by atoms with Gasteiger partial charge in [0.05, 0.1) is 37.2 Å². The number of halogens is 13. The summed E-state index contributed by atoms with van der Waals surface area (Å²) < 4.78 is 134. The molecular formula is C23H15Cl3F10N2OS. The zero-order valence-corrected chi connectivity index (χ0v) is 22.6. The predicted molar refractivity (Wildman–Crippen MR) is 134 cm³/mol. The van der Waals surface area contributed by atoms with Gasteiger partial charge in [-0.05, 0) is 42.8 Å². The van der Waals surface area contributed by atoms with Gasteiger partial charge in [0.15, 0.2) is 0 Å². The number of thiocarbonyl (C=S) groups is 1. The van der Waals surface area contributed by atoms with Crippen LogP contribution in [0.3, 0.4) is 0 Å². The van der Waals surface area contributed by atoms with Crippen molar-refractivity contribution < 1.29 is 48.7 Å². The number of carbonyl (C=O) groups is 1. The second-order valence-corrected chi connectivity index (χ2v) is 9.75. The Bertz CT molecular complexity index is 1290. The smallest absolute Gasteiger partial charge is 0.369 e. The van der Waals surface area contributed by atoms with Crippen LogP contribution in [-0.4, -0.2) is 35.8 Å². The lowest BCUT2D eigenvalue weighted by molar-refractivity contribution is -0.140. The van der Waals surface area contributed by atoms with E-state index in [1.807, 2.05) is 5.32 Å². The Morgan fingerprint density at radius 1 is 0.975 bits per heavy atom. The number of allylic oxidation sites excluding steroid dienone is 1. The molecule has 2 rings (SSSR count). The summed E-state index contributed by atoms with van der Waals surface area (Å²) in [5.41, 5.74) is -4.43. The average Bonchev–Trinajstić information content (AvgIpc) is 2.81. The summed E-state index contributed by atoms with van der Waals surface area (Å²) in [7, 11) is 0. The first-order valence-corrected chi connectivity index (χ1v) is 12.1. The van der Waals surface area contributed by atoms with Gasteiger partial charge < -0.3 is 10.6 Å². The van der Waals surface area contributed by atoms with Gasteiger partial charge in [0, 0.05) is 5.56 Å². The standard InChI is InChI=1S/C23H15Cl3F10N2OS/c1-9(20(40)37-8-21(28,29)30)38-19(39)12-3-2-10(4-14(12)23(34,35)36)17(27)7-13(22(31,32)33)11-5-15(24)18(26)16(25)6-11/h2-7,9,13H,8H2,1H3,(H,37,40)(H,38,39)/b17-7-/t9-,13?/m1/s1. The monoisotopic (exact) mass is 662 g/mol. The van der Waals surface area contributed by atoms with Crippen LogP contribution in [0.1, 0.15) is 39.9 Å². The molecule has 2 atom stereocenters. The minimum atomic E-state index is -5.29. The summed E-state index contributed by atoms with van der Waals surface area (Å²) in [6.07, 6.45) is -15.1. The molecule has 0 saturated carbocycles. The van der Waals surface area contributed by atoms with Crippen LogP contribution in [0.25, 0.3) is 5.83 Å². The molecule has 0 aliphatic heterocycles. The van der Waals surface area contributed by atoms with Gasteiger partial charge >= 0.3 is 18.5 Å². The summed E-state index contributed by atoms with van der Waals surface area (Å²) in [6.45, 7) is -0.465. The molecule has 0 spiro atoms. The molecule has 0 fully saturated rings. The molecule has 0 aromatic heterocycles. The topological polar surface area (TPSA) is 41.1 Å². The number of amides is 1. The van der Waals surface area contributed by atoms with Gasteiger partial charge in [0.25, 0.3) is 5.91 Å². The van der Waals surface area contributed by atoms with Crippen molar-refractivity contribution in [3.8, 4) is 0 Å². The number of nitrogens with one attached hydrogen (secondary N) is 2. The molecule has 2 aromatic rings. The van der Waals surface area contributed by atoms with E-state index in [2.05, 4.69) is 12.2 Å². The molecule has 17 heteroatoms. The highest BCUT2D eigenvalue weighted by Crippen LogP contribution is 2.42. The molecule has 0 bridgehead atoms. The van der Waals surface area contributed by atoms with Crippen LogP contribution in [0.15, 0.2) is 36.4 Å². The largest absolute Gasteiger partial charge is 0.417 e. The number of hydrogen-bond donors (Lipinski definition) is 2. The van der Waals surface area contributed by atoms with E-state index in [4.69, 9.17) is 34.8 Å². The van der Waals surface area contributed by atoms with Gasteiger partial charge in [0.1, 0.15) is 18.3 Å². The number of carbonyl (C=O) groups excluding carboxylic acids is 1. The van der Waals surface area contributed by atoms with Crippen molar-refractivity contribution in [2.24, 2.45) is 0 Å². The van der Waals surface area contributed by atoms with E-state index < -0.39 is 76.0 Å². The molecule has 3 nitrogen and oxygen atoms in total. The van der Waals surface area contributed by atoms with Crippen LogP contribution in [0.5, 0.6) is 0 Å². The average molecular weight is 664 g/mol. The molecule has 1 unspecified atom stereocenters. The fraction of sp³-hybridized carbons (Fsp3) is 0.304. The van der Waals surface area contributed by atoms with E-state index in [-0.39, 0.29) is 27.2 Å². The zero-order valence-electron chi connectivity index (χ0n) is 19.6. The molecule has 0 aliphatic carbocycles. The van der Waals surface area contributed by atoms with Gasteiger partial charge in [-0.1, -0.05) is 53.1 Å². The summed E-state index contributed by atoms with van der Waals surface area (Å²) in [6, 6.07) is 1.41. The van der Waals surface area contributed by atoms with Gasteiger partial charge in [-0.2, -0.15) is 39.5 Å². The molecule has 40 heavy (non-hydrogen) atoms. The van der Waals surface area contributed by atoms with Crippen molar-refractivity contribution in [3.63, 3.8) is 0 Å². The van der Waals surface area contributed by atoms with Gasteiger partial charge in [-0.15, -0.1) is 0 Å². The minimum absolute atomic E-state index is 0.00203. The van der Waals surface area contributed by atoms with Gasteiger partial charge in [-0.25, -0.2) is 4.39 Å². The third-order valence-corrected chi connectivity index (χ3v) is 6.77. The Balaban J connectivity index is 2.45. The highest BCUT2D eigenvalue weighted by molar-refractivity contribution is 7.80. The summed E-state index contributed by atoms with van der Waals surface area (Å²) in [4.78, 5) is 11.9. The lowest BCUT2D eigenvalue weighted by Crippen LogP contribution is -2.46. The van der Waals surface area contributed by atoms with E-state index >= 15 is 0 Å². The maximum absolute atomic E-state index is 15.0. The number of rotatable bonds is 7. The van der Waals surface area contributed by atoms with Gasteiger partial charge in [0.2, 0.25) is 0 Å². The third kappa shape index (κ3) is 9.11. The normalized spacial score (nSPS) is 14.5. The van der Waals surface area contributed by atoms with E-state index in [1.165, 1.54) is 0 Å². The molecule has 0 saturated heterocycles. The molecule has 2 N–H and O–H groups in total. The highest BCUT2D eigenvalue weighted by atomic mass is 35.5. The Morgan fingerprint density at radius 2 is 1.52 bits per heavy atom. The second-order valence-electron chi connectivity index (χ2n) is 8.12. The Morgan fingerprint density at radius 3 is 2.00 bits per heavy atom. The number of hydrogen-bond acceptors (Lipinski definition) is 2. The lowest BCUT2D eigenvalue weighted by atomic mass is 9.95.